The van der Waals surface area contributed by atoms with E-state index in [0.717, 1.165) is 48.1 Å². The number of nitrogens with one attached hydrogen (secondary N) is 1. The highest BCUT2D eigenvalue weighted by Crippen LogP contribution is 2.39. The van der Waals surface area contributed by atoms with Gasteiger partial charge < -0.3 is 20.5 Å². The first kappa shape index (κ1) is 24.8. The maximum absolute atomic E-state index is 12.6. The van der Waals surface area contributed by atoms with Gasteiger partial charge in [0.15, 0.2) is 11.5 Å². The van der Waals surface area contributed by atoms with E-state index in [1.54, 1.807) is 13.2 Å². The summed E-state index contributed by atoms with van der Waals surface area (Å²) in [5.41, 5.74) is 7.91. The highest BCUT2D eigenvalue weighted by molar-refractivity contribution is 7.17. The maximum Gasteiger partial charge on any atom is 0.251 e. The Hall–Kier alpha value is -2.80. The lowest BCUT2D eigenvalue weighted by Gasteiger charge is -2.18. The molecule has 1 atom stereocenters. The van der Waals surface area contributed by atoms with Gasteiger partial charge in [0.2, 0.25) is 5.91 Å². The van der Waals surface area contributed by atoms with E-state index in [9.17, 15) is 9.59 Å². The Balaban J connectivity index is 1.65. The van der Waals surface area contributed by atoms with E-state index in [4.69, 9.17) is 15.2 Å². The van der Waals surface area contributed by atoms with Crippen molar-refractivity contribution in [3.05, 3.63) is 45.8 Å². The SMILES string of the molecule is CCCCCCOc1ccc(/C=C/C(=O)Nc2sc3c(c2C(N)=O)CCC(C)C3)cc1OC. The van der Waals surface area contributed by atoms with Crippen molar-refractivity contribution in [2.75, 3.05) is 19.0 Å². The van der Waals surface area contributed by atoms with Crippen molar-refractivity contribution >= 4 is 34.2 Å². The highest BCUT2D eigenvalue weighted by Gasteiger charge is 2.26. The van der Waals surface area contributed by atoms with Gasteiger partial charge in [0.25, 0.3) is 5.91 Å². The van der Waals surface area contributed by atoms with Gasteiger partial charge in [0.05, 0.1) is 19.3 Å². The molecule has 1 unspecified atom stereocenters. The summed E-state index contributed by atoms with van der Waals surface area (Å²) in [7, 11) is 1.60. The Kier molecular flexibility index (Phi) is 8.95. The van der Waals surface area contributed by atoms with E-state index in [0.29, 0.717) is 34.6 Å². The van der Waals surface area contributed by atoms with Crippen LogP contribution in [0.3, 0.4) is 0 Å². The number of rotatable bonds is 11. The summed E-state index contributed by atoms with van der Waals surface area (Å²) in [4.78, 5) is 25.8. The number of methoxy groups -OCH3 is 1. The minimum atomic E-state index is -0.489. The van der Waals surface area contributed by atoms with E-state index in [1.807, 2.05) is 18.2 Å². The number of unbranched alkanes of at least 4 members (excludes halogenated alkanes) is 3. The summed E-state index contributed by atoms with van der Waals surface area (Å²) in [5.74, 6) is 1.10. The topological polar surface area (TPSA) is 90.6 Å². The predicted octanol–water partition coefficient (Wildman–Crippen LogP) is 5.59. The zero-order chi connectivity index (χ0) is 23.8. The van der Waals surface area contributed by atoms with Crippen molar-refractivity contribution in [2.24, 2.45) is 11.7 Å². The standard InChI is InChI=1S/C26H34N2O4S/c1-4-5-6-7-14-32-20-12-9-18(16-21(20)31-3)10-13-23(29)28-26-24(25(27)30)19-11-8-17(2)15-22(19)33-26/h9-10,12-13,16-17H,4-8,11,14-15H2,1-3H3,(H2,27,30)(H,28,29)/b13-10+. The molecule has 0 aliphatic heterocycles. The fourth-order valence-corrected chi connectivity index (χ4v) is 5.46. The van der Waals surface area contributed by atoms with Gasteiger partial charge in [-0.3, -0.25) is 9.59 Å². The van der Waals surface area contributed by atoms with Crippen molar-refractivity contribution in [3.8, 4) is 11.5 Å². The molecule has 0 spiro atoms. The Bertz CT molecular complexity index is 1010. The van der Waals surface area contributed by atoms with Gasteiger partial charge in [0.1, 0.15) is 5.00 Å². The molecule has 178 valence electrons. The zero-order valence-electron chi connectivity index (χ0n) is 19.7. The van der Waals surface area contributed by atoms with Gasteiger partial charge in [-0.15, -0.1) is 11.3 Å². The summed E-state index contributed by atoms with van der Waals surface area (Å²) in [6.07, 6.45) is 10.5. The molecule has 0 saturated carbocycles. The van der Waals surface area contributed by atoms with Crippen LogP contribution < -0.4 is 20.5 Å². The number of nitrogens with two attached hydrogens (primary N) is 1. The Morgan fingerprint density at radius 2 is 2.06 bits per heavy atom. The Morgan fingerprint density at radius 3 is 2.79 bits per heavy atom. The monoisotopic (exact) mass is 470 g/mol. The molecule has 3 rings (SSSR count). The number of thiophene rings is 1. The van der Waals surface area contributed by atoms with Crippen LogP contribution in [0.2, 0.25) is 0 Å². The van der Waals surface area contributed by atoms with E-state index >= 15 is 0 Å². The van der Waals surface area contributed by atoms with Crippen LogP contribution in [0.5, 0.6) is 11.5 Å². The van der Waals surface area contributed by atoms with Crippen LogP contribution in [0, 0.1) is 5.92 Å². The number of carbonyl (C=O) groups is 2. The number of carbonyl (C=O) groups excluding carboxylic acids is 2. The smallest absolute Gasteiger partial charge is 0.251 e. The summed E-state index contributed by atoms with van der Waals surface area (Å²) >= 11 is 1.46. The van der Waals surface area contributed by atoms with Crippen molar-refractivity contribution in [1.82, 2.24) is 0 Å². The van der Waals surface area contributed by atoms with Crippen LogP contribution in [0.4, 0.5) is 5.00 Å². The molecule has 3 N–H and O–H groups in total. The fourth-order valence-electron chi connectivity index (χ4n) is 4.04. The molecule has 1 aromatic carbocycles. The quantitative estimate of drug-likeness (QED) is 0.331. The lowest BCUT2D eigenvalue weighted by molar-refractivity contribution is -0.111. The number of ether oxygens (including phenoxy) is 2. The average Bonchev–Trinajstić information content (AvgIpc) is 3.14. The molecule has 7 heteroatoms. The molecule has 0 fully saturated rings. The number of anilines is 1. The van der Waals surface area contributed by atoms with Crippen LogP contribution in [0.25, 0.3) is 6.08 Å². The third kappa shape index (κ3) is 6.60. The van der Waals surface area contributed by atoms with Crippen molar-refractivity contribution in [2.45, 2.75) is 58.8 Å². The van der Waals surface area contributed by atoms with Crippen molar-refractivity contribution in [3.63, 3.8) is 0 Å². The van der Waals surface area contributed by atoms with Crippen LogP contribution >= 0.6 is 11.3 Å². The van der Waals surface area contributed by atoms with Gasteiger partial charge in [-0.05, 0) is 60.9 Å². The Labute approximate surface area is 200 Å². The third-order valence-electron chi connectivity index (χ3n) is 5.87. The van der Waals surface area contributed by atoms with Crippen LogP contribution in [0.15, 0.2) is 24.3 Å². The van der Waals surface area contributed by atoms with E-state index < -0.39 is 5.91 Å². The van der Waals surface area contributed by atoms with Gasteiger partial charge in [-0.2, -0.15) is 0 Å². The zero-order valence-corrected chi connectivity index (χ0v) is 20.6. The minimum absolute atomic E-state index is 0.306. The molecule has 0 radical (unpaired) electrons. The molecule has 0 saturated heterocycles. The highest BCUT2D eigenvalue weighted by atomic mass is 32.1. The lowest BCUT2D eigenvalue weighted by Crippen LogP contribution is -2.18. The van der Waals surface area contributed by atoms with Gasteiger partial charge in [-0.25, -0.2) is 0 Å². The molecule has 2 aromatic rings. The maximum atomic E-state index is 12.6. The second kappa shape index (κ2) is 11.9. The number of hydrogen-bond donors (Lipinski definition) is 2. The Morgan fingerprint density at radius 1 is 1.24 bits per heavy atom. The number of amides is 2. The number of fused-ring (bicyclic) bond motifs is 1. The second-order valence-electron chi connectivity index (χ2n) is 8.56. The normalized spacial score (nSPS) is 15.3. The molecule has 33 heavy (non-hydrogen) atoms. The first-order valence-corrected chi connectivity index (χ1v) is 12.5. The van der Waals surface area contributed by atoms with Gasteiger partial charge >= 0.3 is 0 Å². The molecule has 1 heterocycles. The second-order valence-corrected chi connectivity index (χ2v) is 9.67. The van der Waals surface area contributed by atoms with Crippen LogP contribution in [-0.2, 0) is 17.6 Å². The molecule has 1 aliphatic rings. The van der Waals surface area contributed by atoms with Gasteiger partial charge in [0, 0.05) is 11.0 Å². The lowest BCUT2D eigenvalue weighted by atomic mass is 9.88. The molecule has 0 bridgehead atoms. The molecular formula is C26H34N2O4S. The van der Waals surface area contributed by atoms with E-state index in [1.165, 1.54) is 30.3 Å². The van der Waals surface area contributed by atoms with Gasteiger partial charge in [-0.1, -0.05) is 39.2 Å². The summed E-state index contributed by atoms with van der Waals surface area (Å²) in [5, 5.41) is 3.40. The minimum Gasteiger partial charge on any atom is -0.493 e. The first-order chi connectivity index (χ1) is 15.9. The van der Waals surface area contributed by atoms with E-state index in [-0.39, 0.29) is 5.91 Å². The largest absolute Gasteiger partial charge is 0.493 e. The molecule has 2 amide bonds. The first-order valence-electron chi connectivity index (χ1n) is 11.7. The summed E-state index contributed by atoms with van der Waals surface area (Å²) in [6, 6.07) is 5.58. The van der Waals surface area contributed by atoms with Crippen molar-refractivity contribution in [1.29, 1.82) is 0 Å². The van der Waals surface area contributed by atoms with Crippen LogP contribution in [0.1, 0.15) is 72.3 Å². The molecule has 1 aromatic heterocycles. The summed E-state index contributed by atoms with van der Waals surface area (Å²) < 4.78 is 11.3. The van der Waals surface area contributed by atoms with Crippen LogP contribution in [-0.4, -0.2) is 25.5 Å². The molecule has 6 nitrogen and oxygen atoms in total. The van der Waals surface area contributed by atoms with E-state index in [2.05, 4.69) is 19.2 Å². The predicted molar refractivity (Wildman–Crippen MR) is 134 cm³/mol. The third-order valence-corrected chi connectivity index (χ3v) is 7.03. The van der Waals surface area contributed by atoms with Crippen molar-refractivity contribution < 1.29 is 19.1 Å². The number of benzene rings is 1. The molecule has 1 aliphatic carbocycles. The number of hydrogen-bond acceptors (Lipinski definition) is 5. The number of primary amides is 1. The fraction of sp³-hybridized carbons (Fsp3) is 0.462. The summed E-state index contributed by atoms with van der Waals surface area (Å²) in [6.45, 7) is 5.03. The average molecular weight is 471 g/mol. The molecular weight excluding hydrogens is 436 g/mol.